The quantitative estimate of drug-likeness (QED) is 0.557. The fraction of sp³-hybridized carbons (Fsp3) is 0.211. The number of hydrogen-bond acceptors (Lipinski definition) is 3. The second kappa shape index (κ2) is 8.24. The predicted octanol–water partition coefficient (Wildman–Crippen LogP) is 4.91. The minimum absolute atomic E-state index is 0.000954. The summed E-state index contributed by atoms with van der Waals surface area (Å²) >= 11 is 3.34. The third-order valence-corrected chi connectivity index (χ3v) is 4.80. The molecule has 0 aliphatic heterocycles. The Morgan fingerprint density at radius 2 is 1.93 bits per heavy atom. The topological polar surface area (TPSA) is 80.0 Å². The monoisotopic (exact) mass is 468 g/mol. The highest BCUT2D eigenvalue weighted by atomic mass is 79.9. The molecule has 29 heavy (non-hydrogen) atoms. The van der Waals surface area contributed by atoms with Crippen LogP contribution in [0.25, 0.3) is 5.69 Å². The van der Waals surface area contributed by atoms with E-state index in [2.05, 4.69) is 31.6 Å². The largest absolute Gasteiger partial charge is 0.465 e. The van der Waals surface area contributed by atoms with Crippen LogP contribution in [0.2, 0.25) is 0 Å². The molecule has 2 aromatic carbocycles. The molecule has 152 valence electrons. The number of aryl methyl sites for hydroxylation is 1. The van der Waals surface area contributed by atoms with Gasteiger partial charge in [-0.1, -0.05) is 39.3 Å². The number of amides is 1. The summed E-state index contributed by atoms with van der Waals surface area (Å²) in [6.07, 6.45) is -5.78. The normalized spacial score (nSPS) is 12.6. The molecule has 1 aromatic heterocycles. The van der Waals surface area contributed by atoms with Crippen molar-refractivity contribution in [2.45, 2.75) is 25.6 Å². The van der Waals surface area contributed by atoms with Gasteiger partial charge in [-0.15, -0.1) is 5.10 Å². The Kier molecular flexibility index (Phi) is 5.92. The van der Waals surface area contributed by atoms with Crippen molar-refractivity contribution in [3.63, 3.8) is 0 Å². The minimum Gasteiger partial charge on any atom is -0.465 e. The highest BCUT2D eigenvalue weighted by molar-refractivity contribution is 9.10. The van der Waals surface area contributed by atoms with Crippen molar-refractivity contribution in [3.8, 4) is 5.69 Å². The van der Waals surface area contributed by atoms with Crippen molar-refractivity contribution in [3.05, 3.63) is 75.5 Å². The first-order valence-electron chi connectivity index (χ1n) is 8.49. The highest BCUT2D eigenvalue weighted by Crippen LogP contribution is 2.31. The lowest BCUT2D eigenvalue weighted by molar-refractivity contribution is -0.137. The van der Waals surface area contributed by atoms with Gasteiger partial charge in [0.25, 0.3) is 0 Å². The fourth-order valence-electron chi connectivity index (χ4n) is 3.01. The molecule has 0 unspecified atom stereocenters. The van der Waals surface area contributed by atoms with Crippen LogP contribution in [-0.4, -0.2) is 26.2 Å². The third-order valence-electron chi connectivity index (χ3n) is 4.28. The van der Waals surface area contributed by atoms with Gasteiger partial charge in [-0.25, -0.2) is 9.48 Å². The van der Waals surface area contributed by atoms with Crippen LogP contribution in [0.15, 0.2) is 53.0 Å². The number of halogens is 4. The van der Waals surface area contributed by atoms with Crippen molar-refractivity contribution in [1.82, 2.24) is 20.3 Å². The van der Waals surface area contributed by atoms with Crippen molar-refractivity contribution in [1.29, 1.82) is 0 Å². The molecule has 0 saturated heterocycles. The van der Waals surface area contributed by atoms with Crippen LogP contribution in [-0.2, 0) is 12.6 Å². The number of hydrogen-bond donors (Lipinski definition) is 2. The SMILES string of the molecule is Cc1nnn(-c2ccc(Br)cc2)c1[C@@H](Cc1cccc(C(F)(F)F)c1)NC(=O)O. The maximum atomic E-state index is 13.0. The number of nitrogens with zero attached hydrogens (tertiary/aromatic N) is 3. The Morgan fingerprint density at radius 3 is 2.55 bits per heavy atom. The summed E-state index contributed by atoms with van der Waals surface area (Å²) in [5.41, 5.74) is 1.11. The fourth-order valence-corrected chi connectivity index (χ4v) is 3.28. The van der Waals surface area contributed by atoms with Crippen molar-refractivity contribution in [2.75, 3.05) is 0 Å². The lowest BCUT2D eigenvalue weighted by Gasteiger charge is -2.20. The first kappa shape index (κ1) is 20.8. The molecule has 1 atom stereocenters. The average molecular weight is 469 g/mol. The minimum atomic E-state index is -4.48. The smallest absolute Gasteiger partial charge is 0.416 e. The molecule has 0 spiro atoms. The molecular weight excluding hydrogens is 453 g/mol. The first-order valence-corrected chi connectivity index (χ1v) is 9.28. The molecule has 0 fully saturated rings. The molecule has 10 heteroatoms. The van der Waals surface area contributed by atoms with Crippen LogP contribution in [0.1, 0.15) is 28.6 Å². The Hall–Kier alpha value is -2.88. The summed E-state index contributed by atoms with van der Waals surface area (Å²) in [5, 5.41) is 19.8. The number of rotatable bonds is 5. The van der Waals surface area contributed by atoms with Crippen LogP contribution >= 0.6 is 15.9 Å². The highest BCUT2D eigenvalue weighted by Gasteiger charge is 2.31. The van der Waals surface area contributed by atoms with Gasteiger partial charge in [-0.05, 0) is 49.2 Å². The summed E-state index contributed by atoms with van der Waals surface area (Å²) in [5.74, 6) is 0. The van der Waals surface area contributed by atoms with E-state index in [0.29, 0.717) is 22.6 Å². The molecule has 2 N–H and O–H groups in total. The van der Waals surface area contributed by atoms with E-state index in [4.69, 9.17) is 0 Å². The Morgan fingerprint density at radius 1 is 1.24 bits per heavy atom. The van der Waals surface area contributed by atoms with E-state index in [-0.39, 0.29) is 6.42 Å². The Bertz CT molecular complexity index is 1020. The van der Waals surface area contributed by atoms with Crippen molar-refractivity contribution >= 4 is 22.0 Å². The molecule has 0 bridgehead atoms. The lowest BCUT2D eigenvalue weighted by Crippen LogP contribution is -2.30. The van der Waals surface area contributed by atoms with E-state index in [9.17, 15) is 23.1 Å². The van der Waals surface area contributed by atoms with Gasteiger partial charge in [0.1, 0.15) is 0 Å². The third kappa shape index (κ3) is 4.94. The molecule has 0 aliphatic rings. The summed E-state index contributed by atoms with van der Waals surface area (Å²) in [6, 6.07) is 11.1. The standard InChI is InChI=1S/C19H16BrF3N4O2/c1-11-17(27(26-25-11)15-7-5-14(20)6-8-15)16(24-18(28)29)10-12-3-2-4-13(9-12)19(21,22)23/h2-9,16,24H,10H2,1H3,(H,28,29)/t16-/m1/s1. The zero-order chi connectivity index (χ0) is 21.2. The molecule has 0 saturated carbocycles. The molecular formula is C19H16BrF3N4O2. The summed E-state index contributed by atoms with van der Waals surface area (Å²) < 4.78 is 41.4. The van der Waals surface area contributed by atoms with Gasteiger partial charge in [0.05, 0.1) is 28.7 Å². The number of alkyl halides is 3. The molecule has 6 nitrogen and oxygen atoms in total. The number of aromatic nitrogens is 3. The second-order valence-electron chi connectivity index (χ2n) is 6.35. The Labute approximate surface area is 172 Å². The van der Waals surface area contributed by atoms with E-state index in [1.54, 1.807) is 31.2 Å². The number of carbonyl (C=O) groups is 1. The number of carboxylic acid groups (broad SMARTS) is 1. The lowest BCUT2D eigenvalue weighted by atomic mass is 10.00. The van der Waals surface area contributed by atoms with Crippen LogP contribution in [0.3, 0.4) is 0 Å². The van der Waals surface area contributed by atoms with Gasteiger partial charge in [0.15, 0.2) is 0 Å². The maximum Gasteiger partial charge on any atom is 0.416 e. The van der Waals surface area contributed by atoms with Gasteiger partial charge in [0, 0.05) is 4.47 Å². The van der Waals surface area contributed by atoms with Crippen LogP contribution in [0.4, 0.5) is 18.0 Å². The zero-order valence-corrected chi connectivity index (χ0v) is 16.7. The number of benzene rings is 2. The van der Waals surface area contributed by atoms with Gasteiger partial charge < -0.3 is 10.4 Å². The molecule has 0 aliphatic carbocycles. The van der Waals surface area contributed by atoms with Crippen LogP contribution < -0.4 is 5.32 Å². The van der Waals surface area contributed by atoms with Gasteiger partial charge >= 0.3 is 12.3 Å². The summed E-state index contributed by atoms with van der Waals surface area (Å²) in [6.45, 7) is 1.67. The van der Waals surface area contributed by atoms with Gasteiger partial charge in [-0.2, -0.15) is 13.2 Å². The molecule has 3 rings (SSSR count). The first-order chi connectivity index (χ1) is 13.6. The maximum absolute atomic E-state index is 13.0. The van der Waals surface area contributed by atoms with Gasteiger partial charge in [-0.3, -0.25) is 0 Å². The summed E-state index contributed by atoms with van der Waals surface area (Å²) in [7, 11) is 0. The molecule has 1 amide bonds. The van der Waals surface area contributed by atoms with E-state index in [1.165, 1.54) is 16.8 Å². The summed E-state index contributed by atoms with van der Waals surface area (Å²) in [4.78, 5) is 11.4. The van der Waals surface area contributed by atoms with E-state index in [0.717, 1.165) is 16.6 Å². The van der Waals surface area contributed by atoms with Crippen LogP contribution in [0, 0.1) is 6.92 Å². The molecule has 1 heterocycles. The van der Waals surface area contributed by atoms with Gasteiger partial charge in [0.2, 0.25) is 0 Å². The zero-order valence-electron chi connectivity index (χ0n) is 15.1. The Balaban J connectivity index is 2.02. The van der Waals surface area contributed by atoms with Crippen molar-refractivity contribution in [2.24, 2.45) is 0 Å². The second-order valence-corrected chi connectivity index (χ2v) is 7.27. The van der Waals surface area contributed by atoms with E-state index >= 15 is 0 Å². The van der Waals surface area contributed by atoms with E-state index < -0.39 is 23.9 Å². The average Bonchev–Trinajstić information content (AvgIpc) is 3.02. The predicted molar refractivity (Wildman–Crippen MR) is 103 cm³/mol. The number of nitrogens with one attached hydrogen (secondary N) is 1. The van der Waals surface area contributed by atoms with Crippen molar-refractivity contribution < 1.29 is 23.1 Å². The molecule has 0 radical (unpaired) electrons. The molecule has 3 aromatic rings. The van der Waals surface area contributed by atoms with E-state index in [1.807, 2.05) is 0 Å². The van der Waals surface area contributed by atoms with Crippen LogP contribution in [0.5, 0.6) is 0 Å².